The van der Waals surface area contributed by atoms with Crippen LogP contribution in [0.4, 0.5) is 0 Å². The third-order valence-corrected chi connectivity index (χ3v) is 11.6. The maximum atomic E-state index is 11.8. The number of piperidine rings is 1. The van der Waals surface area contributed by atoms with Gasteiger partial charge in [0, 0.05) is 105 Å². The highest BCUT2D eigenvalue weighted by Crippen LogP contribution is 2.43. The SMILES string of the molecule is COc1cc(-c2nccc(-c3cccc(-c4ccc(CNC[C@@H]5CCC(=O)N5)c(OC)n4)c3Cl)c2Cl)cc2c1CN(CC1CCN(C(C)=O)CC1)CC2. The van der Waals surface area contributed by atoms with E-state index >= 15 is 0 Å². The van der Waals surface area contributed by atoms with E-state index in [1.54, 1.807) is 27.3 Å². The molecule has 278 valence electrons. The number of nitrogens with one attached hydrogen (secondary N) is 2. The summed E-state index contributed by atoms with van der Waals surface area (Å²) in [7, 11) is 3.33. The van der Waals surface area contributed by atoms with Gasteiger partial charge < -0.3 is 25.0 Å². The molecule has 12 heteroatoms. The molecule has 0 spiro atoms. The summed E-state index contributed by atoms with van der Waals surface area (Å²) in [5.74, 6) is 2.21. The van der Waals surface area contributed by atoms with E-state index in [2.05, 4.69) is 21.6 Å². The van der Waals surface area contributed by atoms with Gasteiger partial charge in [-0.3, -0.25) is 19.5 Å². The Morgan fingerprint density at radius 1 is 0.962 bits per heavy atom. The predicted octanol–water partition coefficient (Wildman–Crippen LogP) is 6.79. The van der Waals surface area contributed by atoms with Crippen LogP contribution < -0.4 is 20.1 Å². The van der Waals surface area contributed by atoms with Crippen LogP contribution in [0, 0.1) is 5.92 Å². The second kappa shape index (κ2) is 16.4. The lowest BCUT2D eigenvalue weighted by Crippen LogP contribution is -2.41. The highest BCUT2D eigenvalue weighted by molar-refractivity contribution is 6.39. The van der Waals surface area contributed by atoms with Crippen LogP contribution >= 0.6 is 23.2 Å². The first-order chi connectivity index (χ1) is 25.7. The standard InChI is InChI=1S/C41H46Cl2N6O4/c1-25(50)49-17-12-26(13-18-49)23-48-16-14-27-19-29(20-36(52-2)34(27)24-48)40-39(43)32(11-15-45-40)31-5-4-6-33(38(31)42)35-9-7-28(41(47-35)53-3)21-44-22-30-8-10-37(51)46-30/h4-7,9,11,15,19-20,26,30,44H,8,10,12-14,16-18,21-24H2,1-3H3,(H,46,51)/t30-/m0/s1. The van der Waals surface area contributed by atoms with Crippen molar-refractivity contribution in [3.05, 3.63) is 81.5 Å². The van der Waals surface area contributed by atoms with Crippen molar-refractivity contribution in [2.24, 2.45) is 5.92 Å². The number of pyridine rings is 2. The topological polar surface area (TPSA) is 109 Å². The molecule has 1 atom stereocenters. The Bertz CT molecular complexity index is 1980. The fraction of sp³-hybridized carbons (Fsp3) is 0.415. The average Bonchev–Trinajstić information content (AvgIpc) is 3.59. The molecule has 4 aromatic rings. The molecule has 0 bridgehead atoms. The van der Waals surface area contributed by atoms with E-state index in [1.807, 2.05) is 47.4 Å². The number of hydrogen-bond acceptors (Lipinski definition) is 8. The van der Waals surface area contributed by atoms with Crippen molar-refractivity contribution in [2.45, 2.75) is 58.2 Å². The summed E-state index contributed by atoms with van der Waals surface area (Å²) < 4.78 is 11.6. The highest BCUT2D eigenvalue weighted by atomic mass is 35.5. The Hall–Kier alpha value is -4.22. The van der Waals surface area contributed by atoms with Crippen LogP contribution in [0.3, 0.4) is 0 Å². The van der Waals surface area contributed by atoms with Gasteiger partial charge in [0.25, 0.3) is 0 Å². The Labute approximate surface area is 321 Å². The van der Waals surface area contributed by atoms with E-state index in [9.17, 15) is 9.59 Å². The highest BCUT2D eigenvalue weighted by Gasteiger charge is 2.27. The summed E-state index contributed by atoms with van der Waals surface area (Å²) in [5, 5.41) is 7.43. The number of carbonyl (C=O) groups is 2. The van der Waals surface area contributed by atoms with Gasteiger partial charge in [0.2, 0.25) is 17.7 Å². The second-order valence-electron chi connectivity index (χ2n) is 14.2. The van der Waals surface area contributed by atoms with E-state index in [1.165, 1.54) is 11.1 Å². The Morgan fingerprint density at radius 2 is 1.75 bits per heavy atom. The van der Waals surface area contributed by atoms with E-state index < -0.39 is 0 Å². The summed E-state index contributed by atoms with van der Waals surface area (Å²) in [4.78, 5) is 37.4. The molecule has 0 aliphatic carbocycles. The van der Waals surface area contributed by atoms with Crippen molar-refractivity contribution in [2.75, 3.05) is 46.9 Å². The summed E-state index contributed by atoms with van der Waals surface area (Å²) in [6.07, 6.45) is 6.18. The average molecular weight is 758 g/mol. The minimum atomic E-state index is 0.103. The van der Waals surface area contributed by atoms with Crippen LogP contribution in [0.5, 0.6) is 11.6 Å². The van der Waals surface area contributed by atoms with Gasteiger partial charge in [0.15, 0.2) is 0 Å². The van der Waals surface area contributed by atoms with Crippen molar-refractivity contribution >= 4 is 35.0 Å². The summed E-state index contributed by atoms with van der Waals surface area (Å²) >= 11 is 14.3. The molecule has 0 saturated carbocycles. The molecule has 2 amide bonds. The molecular formula is C41H46Cl2N6O4. The van der Waals surface area contributed by atoms with E-state index in [-0.39, 0.29) is 17.9 Å². The van der Waals surface area contributed by atoms with Crippen molar-refractivity contribution < 1.29 is 19.1 Å². The zero-order valence-electron chi connectivity index (χ0n) is 30.5. The minimum absolute atomic E-state index is 0.103. The van der Waals surface area contributed by atoms with Crippen LogP contribution in [-0.4, -0.2) is 84.6 Å². The Morgan fingerprint density at radius 3 is 2.49 bits per heavy atom. The lowest BCUT2D eigenvalue weighted by molar-refractivity contribution is -0.130. The first-order valence-corrected chi connectivity index (χ1v) is 19.1. The fourth-order valence-electron chi connectivity index (χ4n) is 7.89. The first-order valence-electron chi connectivity index (χ1n) is 18.4. The van der Waals surface area contributed by atoms with Gasteiger partial charge in [-0.2, -0.15) is 0 Å². The molecule has 7 rings (SSSR count). The Kier molecular flexibility index (Phi) is 11.5. The number of hydrogen-bond donors (Lipinski definition) is 2. The van der Waals surface area contributed by atoms with Gasteiger partial charge in [0.1, 0.15) is 5.75 Å². The van der Waals surface area contributed by atoms with Crippen molar-refractivity contribution in [3.63, 3.8) is 0 Å². The van der Waals surface area contributed by atoms with E-state index in [0.29, 0.717) is 52.7 Å². The number of methoxy groups -OCH3 is 2. The quantitative estimate of drug-likeness (QED) is 0.172. The molecule has 5 heterocycles. The molecule has 2 N–H and O–H groups in total. The van der Waals surface area contributed by atoms with Gasteiger partial charge in [-0.15, -0.1) is 0 Å². The van der Waals surface area contributed by atoms with Crippen LogP contribution in [0.2, 0.25) is 10.0 Å². The number of benzene rings is 2. The number of amides is 2. The van der Waals surface area contributed by atoms with Crippen LogP contribution in [0.15, 0.2) is 54.7 Å². The number of halogens is 2. The molecule has 2 saturated heterocycles. The lowest BCUT2D eigenvalue weighted by atomic mass is 9.91. The number of carbonyl (C=O) groups excluding carboxylic acids is 2. The van der Waals surface area contributed by atoms with E-state index in [0.717, 1.165) is 92.0 Å². The molecule has 3 aliphatic rings. The monoisotopic (exact) mass is 756 g/mol. The van der Waals surface area contributed by atoms with Crippen LogP contribution in [-0.2, 0) is 29.1 Å². The number of ether oxygens (including phenoxy) is 2. The fourth-order valence-corrected chi connectivity index (χ4v) is 8.54. The van der Waals surface area contributed by atoms with Gasteiger partial charge in [-0.1, -0.05) is 47.5 Å². The summed E-state index contributed by atoms with van der Waals surface area (Å²) in [6.45, 7) is 7.41. The molecule has 2 fully saturated rings. The summed E-state index contributed by atoms with van der Waals surface area (Å²) in [6, 6.07) is 16.1. The van der Waals surface area contributed by atoms with Gasteiger partial charge in [0.05, 0.1) is 35.7 Å². The van der Waals surface area contributed by atoms with Crippen molar-refractivity contribution in [3.8, 4) is 45.3 Å². The molecule has 3 aliphatic heterocycles. The van der Waals surface area contributed by atoms with Crippen LogP contribution in [0.1, 0.15) is 49.3 Å². The molecule has 2 aromatic carbocycles. The zero-order chi connectivity index (χ0) is 37.1. The minimum Gasteiger partial charge on any atom is -0.496 e. The molecule has 0 unspecified atom stereocenters. The van der Waals surface area contributed by atoms with Crippen molar-refractivity contribution in [1.82, 2.24) is 30.4 Å². The number of nitrogens with zero attached hydrogens (tertiary/aromatic N) is 4. The van der Waals surface area contributed by atoms with Crippen LogP contribution in [0.25, 0.3) is 33.6 Å². The van der Waals surface area contributed by atoms with Gasteiger partial charge in [-0.05, 0) is 61.4 Å². The lowest BCUT2D eigenvalue weighted by Gasteiger charge is -2.36. The number of rotatable bonds is 11. The third-order valence-electron chi connectivity index (χ3n) is 10.8. The molecule has 2 aromatic heterocycles. The normalized spacial score (nSPS) is 17.8. The first kappa shape index (κ1) is 37.1. The molecule has 10 nitrogen and oxygen atoms in total. The summed E-state index contributed by atoms with van der Waals surface area (Å²) in [5.41, 5.74) is 7.92. The maximum Gasteiger partial charge on any atom is 0.220 e. The maximum absolute atomic E-state index is 11.8. The Balaban J connectivity index is 1.09. The molecular weight excluding hydrogens is 711 g/mol. The molecule has 0 radical (unpaired) electrons. The van der Waals surface area contributed by atoms with Crippen molar-refractivity contribution in [1.29, 1.82) is 0 Å². The van der Waals surface area contributed by atoms with Gasteiger partial charge >= 0.3 is 0 Å². The third kappa shape index (κ3) is 8.16. The largest absolute Gasteiger partial charge is 0.496 e. The zero-order valence-corrected chi connectivity index (χ0v) is 32.0. The van der Waals surface area contributed by atoms with E-state index in [4.69, 9.17) is 42.6 Å². The molecule has 53 heavy (non-hydrogen) atoms. The second-order valence-corrected chi connectivity index (χ2v) is 15.0. The smallest absolute Gasteiger partial charge is 0.220 e. The number of fused-ring (bicyclic) bond motifs is 1. The number of likely N-dealkylation sites (tertiary alicyclic amines) is 1. The predicted molar refractivity (Wildman–Crippen MR) is 208 cm³/mol. The number of aromatic nitrogens is 2. The van der Waals surface area contributed by atoms with Gasteiger partial charge in [-0.25, -0.2) is 4.98 Å².